The highest BCUT2D eigenvalue weighted by atomic mass is 16.3. The van der Waals surface area contributed by atoms with E-state index in [9.17, 15) is 14.7 Å². The second-order valence-corrected chi connectivity index (χ2v) is 6.37. The highest BCUT2D eigenvalue weighted by Gasteiger charge is 2.33. The molecule has 128 valence electrons. The molecule has 25 heavy (non-hydrogen) atoms. The number of hydrogen-bond donors (Lipinski definition) is 2. The third-order valence-electron chi connectivity index (χ3n) is 4.25. The number of phenols is 1. The Hall–Kier alpha value is -3.08. The molecule has 1 fully saturated rings. The van der Waals surface area contributed by atoms with Crippen LogP contribution in [0.4, 0.5) is 4.79 Å². The molecule has 1 heterocycles. The number of nitrogens with one attached hydrogen (secondary N) is 1. The number of aryl methyl sites for hydroxylation is 3. The van der Waals surface area contributed by atoms with E-state index in [1.807, 2.05) is 31.2 Å². The molecule has 2 aromatic carbocycles. The van der Waals surface area contributed by atoms with E-state index in [4.69, 9.17) is 0 Å². The number of amides is 3. The first kappa shape index (κ1) is 16.8. The Morgan fingerprint density at radius 2 is 1.64 bits per heavy atom. The third-order valence-corrected chi connectivity index (χ3v) is 4.25. The van der Waals surface area contributed by atoms with Crippen LogP contribution in [-0.4, -0.2) is 21.9 Å². The summed E-state index contributed by atoms with van der Waals surface area (Å²) in [5, 5.41) is 12.5. The Bertz CT molecular complexity index is 859. The van der Waals surface area contributed by atoms with E-state index in [2.05, 4.69) is 5.32 Å². The summed E-state index contributed by atoms with van der Waals surface area (Å²) in [4.78, 5) is 25.9. The Balaban J connectivity index is 1.84. The van der Waals surface area contributed by atoms with Gasteiger partial charge in [-0.2, -0.15) is 0 Å². The van der Waals surface area contributed by atoms with E-state index in [0.717, 1.165) is 27.8 Å². The van der Waals surface area contributed by atoms with Crippen LogP contribution >= 0.6 is 0 Å². The zero-order chi connectivity index (χ0) is 18.1. The molecule has 1 aliphatic rings. The molecule has 0 spiro atoms. The van der Waals surface area contributed by atoms with Crippen molar-refractivity contribution >= 4 is 18.0 Å². The molecular formula is C20H20N2O3. The average molecular weight is 336 g/mol. The SMILES string of the molecule is Cc1ccc(CN2C(=O)NC(=Cc3cc(C)c(O)c(C)c3)C2=O)cc1. The number of imide groups is 1. The standard InChI is InChI=1S/C20H20N2O3/c1-12-4-6-15(7-5-12)11-22-19(24)17(21-20(22)25)10-16-8-13(2)18(23)14(3)9-16/h4-10,23H,11H2,1-3H3,(H,21,25). The maximum atomic E-state index is 12.6. The lowest BCUT2D eigenvalue weighted by atomic mass is 10.0. The Labute approximate surface area is 146 Å². The summed E-state index contributed by atoms with van der Waals surface area (Å²) in [6.45, 7) is 5.81. The fourth-order valence-electron chi connectivity index (χ4n) is 2.83. The van der Waals surface area contributed by atoms with Gasteiger partial charge in [0.25, 0.3) is 5.91 Å². The zero-order valence-electron chi connectivity index (χ0n) is 14.5. The van der Waals surface area contributed by atoms with Crippen LogP contribution in [0.3, 0.4) is 0 Å². The summed E-state index contributed by atoms with van der Waals surface area (Å²) >= 11 is 0. The molecule has 0 aliphatic carbocycles. The van der Waals surface area contributed by atoms with Crippen molar-refractivity contribution in [3.63, 3.8) is 0 Å². The van der Waals surface area contributed by atoms with Gasteiger partial charge in [0.05, 0.1) is 6.54 Å². The molecule has 2 aromatic rings. The first-order valence-electron chi connectivity index (χ1n) is 8.05. The second kappa shape index (κ2) is 6.43. The van der Waals surface area contributed by atoms with E-state index in [1.165, 1.54) is 4.90 Å². The molecule has 0 unspecified atom stereocenters. The fraction of sp³-hybridized carbons (Fsp3) is 0.200. The van der Waals surface area contributed by atoms with Crippen LogP contribution in [0.2, 0.25) is 0 Å². The number of benzene rings is 2. The van der Waals surface area contributed by atoms with Gasteiger partial charge >= 0.3 is 6.03 Å². The van der Waals surface area contributed by atoms with Crippen molar-refractivity contribution in [3.8, 4) is 5.75 Å². The van der Waals surface area contributed by atoms with E-state index >= 15 is 0 Å². The first-order chi connectivity index (χ1) is 11.8. The summed E-state index contributed by atoms with van der Waals surface area (Å²) in [6, 6.07) is 10.8. The van der Waals surface area contributed by atoms with E-state index < -0.39 is 6.03 Å². The molecule has 1 saturated heterocycles. The predicted octanol–water partition coefficient (Wildman–Crippen LogP) is 3.41. The highest BCUT2D eigenvalue weighted by Crippen LogP contribution is 2.25. The molecule has 2 N–H and O–H groups in total. The monoisotopic (exact) mass is 336 g/mol. The Morgan fingerprint density at radius 3 is 2.24 bits per heavy atom. The maximum absolute atomic E-state index is 12.6. The van der Waals surface area contributed by atoms with Gasteiger partial charge in [0, 0.05) is 0 Å². The van der Waals surface area contributed by atoms with Crippen LogP contribution in [0.1, 0.15) is 27.8 Å². The first-order valence-corrected chi connectivity index (χ1v) is 8.05. The number of aromatic hydroxyl groups is 1. The second-order valence-electron chi connectivity index (χ2n) is 6.37. The van der Waals surface area contributed by atoms with Gasteiger partial charge in [-0.25, -0.2) is 4.79 Å². The molecule has 5 nitrogen and oxygen atoms in total. The van der Waals surface area contributed by atoms with Crippen LogP contribution in [0.15, 0.2) is 42.1 Å². The van der Waals surface area contributed by atoms with Crippen LogP contribution in [-0.2, 0) is 11.3 Å². The minimum absolute atomic E-state index is 0.232. The molecule has 0 radical (unpaired) electrons. The fourth-order valence-corrected chi connectivity index (χ4v) is 2.83. The largest absolute Gasteiger partial charge is 0.507 e. The lowest BCUT2D eigenvalue weighted by Gasteiger charge is -2.11. The van der Waals surface area contributed by atoms with Gasteiger partial charge < -0.3 is 10.4 Å². The summed E-state index contributed by atoms with van der Waals surface area (Å²) < 4.78 is 0. The topological polar surface area (TPSA) is 69.6 Å². The van der Waals surface area contributed by atoms with Crippen molar-refractivity contribution < 1.29 is 14.7 Å². The van der Waals surface area contributed by atoms with Crippen LogP contribution in [0.25, 0.3) is 6.08 Å². The van der Waals surface area contributed by atoms with Crippen LogP contribution < -0.4 is 5.32 Å². The van der Waals surface area contributed by atoms with Gasteiger partial charge in [-0.15, -0.1) is 0 Å². The van der Waals surface area contributed by atoms with Crippen molar-refractivity contribution in [2.45, 2.75) is 27.3 Å². The van der Waals surface area contributed by atoms with E-state index in [-0.39, 0.29) is 23.9 Å². The van der Waals surface area contributed by atoms with Crippen molar-refractivity contribution in [2.75, 3.05) is 0 Å². The minimum atomic E-state index is -0.427. The number of carbonyl (C=O) groups is 2. The number of urea groups is 1. The van der Waals surface area contributed by atoms with Crippen molar-refractivity contribution in [2.24, 2.45) is 0 Å². The Kier molecular flexibility index (Phi) is 4.31. The van der Waals surface area contributed by atoms with Gasteiger partial charge in [-0.1, -0.05) is 29.8 Å². The molecule has 0 saturated carbocycles. The number of hydrogen-bond acceptors (Lipinski definition) is 3. The summed E-state index contributed by atoms with van der Waals surface area (Å²) in [6.07, 6.45) is 1.63. The van der Waals surface area contributed by atoms with E-state index in [1.54, 1.807) is 32.1 Å². The number of carbonyl (C=O) groups excluding carboxylic acids is 2. The lowest BCUT2D eigenvalue weighted by Crippen LogP contribution is -2.30. The van der Waals surface area contributed by atoms with Crippen molar-refractivity contribution in [1.82, 2.24) is 10.2 Å². The quantitative estimate of drug-likeness (QED) is 0.666. The molecule has 5 heteroatoms. The van der Waals surface area contributed by atoms with Gasteiger partial charge in [-0.3, -0.25) is 9.69 Å². The highest BCUT2D eigenvalue weighted by molar-refractivity contribution is 6.13. The maximum Gasteiger partial charge on any atom is 0.329 e. The molecule has 0 atom stereocenters. The molecule has 0 aromatic heterocycles. The lowest BCUT2D eigenvalue weighted by molar-refractivity contribution is -0.123. The Morgan fingerprint density at radius 1 is 1.04 bits per heavy atom. The zero-order valence-corrected chi connectivity index (χ0v) is 14.5. The molecule has 0 bridgehead atoms. The summed E-state index contributed by atoms with van der Waals surface area (Å²) in [7, 11) is 0. The molecular weight excluding hydrogens is 316 g/mol. The molecule has 3 rings (SSSR count). The van der Waals surface area contributed by atoms with Crippen LogP contribution in [0.5, 0.6) is 5.75 Å². The predicted molar refractivity (Wildman–Crippen MR) is 95.8 cm³/mol. The smallest absolute Gasteiger partial charge is 0.329 e. The van der Waals surface area contributed by atoms with Crippen LogP contribution in [0, 0.1) is 20.8 Å². The van der Waals surface area contributed by atoms with Gasteiger partial charge in [0.2, 0.25) is 0 Å². The number of nitrogens with zero attached hydrogens (tertiary/aromatic N) is 1. The van der Waals surface area contributed by atoms with Gasteiger partial charge in [-0.05, 0) is 61.2 Å². The third kappa shape index (κ3) is 3.40. The van der Waals surface area contributed by atoms with Gasteiger partial charge in [0.1, 0.15) is 11.4 Å². The average Bonchev–Trinajstić information content (AvgIpc) is 2.82. The summed E-state index contributed by atoms with van der Waals surface area (Å²) in [5.74, 6) is -0.112. The minimum Gasteiger partial charge on any atom is -0.507 e. The normalized spacial score (nSPS) is 15.8. The summed E-state index contributed by atoms with van der Waals surface area (Å²) in [5.41, 5.74) is 4.46. The molecule has 1 aliphatic heterocycles. The number of phenolic OH excluding ortho intramolecular Hbond substituents is 1. The van der Waals surface area contributed by atoms with Crippen molar-refractivity contribution in [1.29, 1.82) is 0 Å². The number of rotatable bonds is 3. The van der Waals surface area contributed by atoms with E-state index in [0.29, 0.717) is 0 Å². The molecule has 3 amide bonds. The van der Waals surface area contributed by atoms with Gasteiger partial charge in [0.15, 0.2) is 0 Å². The van der Waals surface area contributed by atoms with Crippen molar-refractivity contribution in [3.05, 3.63) is 69.9 Å².